The number of carbonyl (C=O) groups is 2. The quantitative estimate of drug-likeness (QED) is 0.702. The van der Waals surface area contributed by atoms with E-state index in [9.17, 15) is 9.59 Å². The van der Waals surface area contributed by atoms with Crippen LogP contribution in [0, 0.1) is 5.92 Å². The second kappa shape index (κ2) is 9.10. The number of halogens is 1. The van der Waals surface area contributed by atoms with Gasteiger partial charge in [-0.05, 0) is 43.0 Å². The van der Waals surface area contributed by atoms with Gasteiger partial charge in [0.25, 0.3) is 5.91 Å². The van der Waals surface area contributed by atoms with E-state index in [1.54, 1.807) is 18.2 Å². The Balaban J connectivity index is 1.78. The average Bonchev–Trinajstić information content (AvgIpc) is 2.72. The van der Waals surface area contributed by atoms with E-state index in [4.69, 9.17) is 17.3 Å². The fourth-order valence-electron chi connectivity index (χ4n) is 3.52. The molecule has 164 valence electrons. The molecule has 0 bridgehead atoms. The van der Waals surface area contributed by atoms with Gasteiger partial charge in [-0.3, -0.25) is 14.5 Å². The number of nitrogens with one attached hydrogen (secondary N) is 1. The largest absolute Gasteiger partial charge is 0.369 e. The van der Waals surface area contributed by atoms with Crippen LogP contribution in [0.3, 0.4) is 0 Å². The van der Waals surface area contributed by atoms with E-state index >= 15 is 0 Å². The van der Waals surface area contributed by atoms with Crippen molar-refractivity contribution in [3.05, 3.63) is 70.2 Å². The van der Waals surface area contributed by atoms with Gasteiger partial charge in [-0.25, -0.2) is 4.99 Å². The minimum Gasteiger partial charge on any atom is -0.369 e. The summed E-state index contributed by atoms with van der Waals surface area (Å²) in [5.74, 6) is 0.0326. The number of guanidine groups is 1. The number of aliphatic imine (C=N–C) groups is 1. The zero-order valence-corrected chi connectivity index (χ0v) is 19.1. The summed E-state index contributed by atoms with van der Waals surface area (Å²) >= 11 is 6.30. The molecule has 1 aliphatic rings. The predicted octanol–water partition coefficient (Wildman–Crippen LogP) is 4.29. The Morgan fingerprint density at radius 3 is 2.52 bits per heavy atom. The first-order valence-corrected chi connectivity index (χ1v) is 10.8. The Bertz CT molecular complexity index is 1010. The van der Waals surface area contributed by atoms with Crippen molar-refractivity contribution in [1.82, 2.24) is 10.2 Å². The minimum absolute atomic E-state index is 0.0812. The Hall–Kier alpha value is -2.86. The molecule has 3 rings (SSSR count). The van der Waals surface area contributed by atoms with Crippen molar-refractivity contribution in [3.8, 4) is 0 Å². The lowest BCUT2D eigenvalue weighted by molar-refractivity contribution is -0.130. The van der Waals surface area contributed by atoms with E-state index < -0.39 is 5.54 Å². The molecule has 2 aromatic rings. The summed E-state index contributed by atoms with van der Waals surface area (Å²) in [5.41, 5.74) is 7.74. The molecule has 2 unspecified atom stereocenters. The highest BCUT2D eigenvalue weighted by atomic mass is 35.5. The first-order valence-electron chi connectivity index (χ1n) is 10.4. The Morgan fingerprint density at radius 2 is 1.90 bits per heavy atom. The van der Waals surface area contributed by atoms with Crippen molar-refractivity contribution in [2.75, 3.05) is 0 Å². The normalized spacial score (nSPS) is 19.9. The molecule has 2 atom stereocenters. The van der Waals surface area contributed by atoms with Crippen LogP contribution >= 0.6 is 11.6 Å². The molecule has 6 nitrogen and oxygen atoms in total. The first-order chi connectivity index (χ1) is 14.6. The van der Waals surface area contributed by atoms with Crippen LogP contribution in [0.25, 0.3) is 0 Å². The lowest BCUT2D eigenvalue weighted by Gasteiger charge is -2.37. The van der Waals surface area contributed by atoms with Crippen LogP contribution in [0.2, 0.25) is 5.02 Å². The molecule has 2 amide bonds. The van der Waals surface area contributed by atoms with Gasteiger partial charge in [-0.15, -0.1) is 0 Å². The van der Waals surface area contributed by atoms with Gasteiger partial charge in [0.1, 0.15) is 0 Å². The fraction of sp³-hybridized carbons (Fsp3) is 0.375. The third kappa shape index (κ3) is 5.07. The summed E-state index contributed by atoms with van der Waals surface area (Å²) < 4.78 is 0. The standard InChI is InChI=1S/C24H29ClN4O2/c1-15(2)24(4)13-21(30)29(23(26)28-24)14-17-10-11-20(25)19(12-17)22(31)27-16(3)18-8-6-5-7-9-18/h5-12,15-16H,13-14H2,1-4H3,(H2,26,28)(H,27,31). The number of rotatable bonds is 6. The molecule has 3 N–H and O–H groups in total. The van der Waals surface area contributed by atoms with Gasteiger partial charge in [0.2, 0.25) is 5.91 Å². The molecule has 0 fully saturated rings. The van der Waals surface area contributed by atoms with E-state index in [1.165, 1.54) is 4.90 Å². The molecular weight excluding hydrogens is 412 g/mol. The van der Waals surface area contributed by atoms with Crippen molar-refractivity contribution in [1.29, 1.82) is 0 Å². The molecule has 7 heteroatoms. The van der Waals surface area contributed by atoms with Crippen LogP contribution in [0.5, 0.6) is 0 Å². The smallest absolute Gasteiger partial charge is 0.253 e. The highest BCUT2D eigenvalue weighted by Crippen LogP contribution is 2.30. The van der Waals surface area contributed by atoms with Crippen molar-refractivity contribution in [3.63, 3.8) is 0 Å². The summed E-state index contributed by atoms with van der Waals surface area (Å²) in [6.07, 6.45) is 0.293. The minimum atomic E-state index is -0.504. The molecular formula is C24H29ClN4O2. The number of amides is 2. The summed E-state index contributed by atoms with van der Waals surface area (Å²) in [5, 5.41) is 3.32. The van der Waals surface area contributed by atoms with Crippen LogP contribution in [0.4, 0.5) is 0 Å². The molecule has 1 heterocycles. The zero-order valence-electron chi connectivity index (χ0n) is 18.4. The Kier molecular flexibility index (Phi) is 6.70. The number of benzene rings is 2. The van der Waals surface area contributed by atoms with Gasteiger partial charge < -0.3 is 11.1 Å². The molecule has 31 heavy (non-hydrogen) atoms. The summed E-state index contributed by atoms with van der Waals surface area (Å²) in [6.45, 7) is 8.15. The van der Waals surface area contributed by atoms with Crippen molar-refractivity contribution in [2.24, 2.45) is 16.6 Å². The number of hydrogen-bond acceptors (Lipinski definition) is 4. The SMILES string of the molecule is CC(NC(=O)c1cc(CN2C(=O)CC(C)(C(C)C)N=C2N)ccc1Cl)c1ccccc1. The molecule has 1 aliphatic heterocycles. The van der Waals surface area contributed by atoms with Crippen molar-refractivity contribution in [2.45, 2.75) is 52.2 Å². The van der Waals surface area contributed by atoms with E-state index in [2.05, 4.69) is 10.3 Å². The molecule has 0 spiro atoms. The van der Waals surface area contributed by atoms with Gasteiger partial charge >= 0.3 is 0 Å². The maximum absolute atomic E-state index is 12.9. The molecule has 0 radical (unpaired) electrons. The number of nitrogens with zero attached hydrogens (tertiary/aromatic N) is 2. The molecule has 0 saturated heterocycles. The lowest BCUT2D eigenvalue weighted by Crippen LogP contribution is -2.51. The van der Waals surface area contributed by atoms with Gasteiger partial charge in [-0.2, -0.15) is 0 Å². The summed E-state index contributed by atoms with van der Waals surface area (Å²) in [6, 6.07) is 14.7. The van der Waals surface area contributed by atoms with Gasteiger partial charge in [0.05, 0.1) is 35.1 Å². The monoisotopic (exact) mass is 440 g/mol. The van der Waals surface area contributed by atoms with Gasteiger partial charge in [0, 0.05) is 0 Å². The van der Waals surface area contributed by atoms with E-state index in [-0.39, 0.29) is 36.3 Å². The van der Waals surface area contributed by atoms with Gasteiger partial charge in [-0.1, -0.05) is 61.8 Å². The highest BCUT2D eigenvalue weighted by Gasteiger charge is 2.38. The lowest BCUT2D eigenvalue weighted by atomic mass is 9.84. The van der Waals surface area contributed by atoms with E-state index in [0.29, 0.717) is 17.0 Å². The van der Waals surface area contributed by atoms with Gasteiger partial charge in [0.15, 0.2) is 5.96 Å². The third-order valence-electron chi connectivity index (χ3n) is 5.96. The topological polar surface area (TPSA) is 87.8 Å². The van der Waals surface area contributed by atoms with Crippen LogP contribution < -0.4 is 11.1 Å². The van der Waals surface area contributed by atoms with Crippen LogP contribution in [-0.2, 0) is 11.3 Å². The second-order valence-electron chi connectivity index (χ2n) is 8.56. The summed E-state index contributed by atoms with van der Waals surface area (Å²) in [4.78, 5) is 31.7. The predicted molar refractivity (Wildman–Crippen MR) is 124 cm³/mol. The maximum Gasteiger partial charge on any atom is 0.253 e. The van der Waals surface area contributed by atoms with Crippen LogP contribution in [0.1, 0.15) is 61.6 Å². The van der Waals surface area contributed by atoms with Crippen LogP contribution in [0.15, 0.2) is 53.5 Å². The molecule has 0 aromatic heterocycles. The summed E-state index contributed by atoms with van der Waals surface area (Å²) in [7, 11) is 0. The van der Waals surface area contributed by atoms with E-state index in [0.717, 1.165) is 11.1 Å². The number of carbonyl (C=O) groups excluding carboxylic acids is 2. The van der Waals surface area contributed by atoms with Crippen molar-refractivity contribution >= 4 is 29.4 Å². The van der Waals surface area contributed by atoms with Crippen molar-refractivity contribution < 1.29 is 9.59 Å². The number of hydrogen-bond donors (Lipinski definition) is 2. The second-order valence-corrected chi connectivity index (χ2v) is 8.97. The Morgan fingerprint density at radius 1 is 1.23 bits per heavy atom. The highest BCUT2D eigenvalue weighted by molar-refractivity contribution is 6.33. The first kappa shape index (κ1) is 22.8. The fourth-order valence-corrected chi connectivity index (χ4v) is 3.72. The molecule has 2 aromatic carbocycles. The molecule has 0 aliphatic carbocycles. The maximum atomic E-state index is 12.9. The molecule has 0 saturated carbocycles. The average molecular weight is 441 g/mol. The number of nitrogens with two attached hydrogens (primary N) is 1. The third-order valence-corrected chi connectivity index (χ3v) is 6.29. The Labute approximate surface area is 188 Å². The zero-order chi connectivity index (χ0) is 22.8. The van der Waals surface area contributed by atoms with E-state index in [1.807, 2.05) is 58.0 Å². The van der Waals surface area contributed by atoms with Crippen LogP contribution in [-0.4, -0.2) is 28.2 Å².